The number of benzene rings is 1. The third kappa shape index (κ3) is 4.47. The number of amides is 1. The van der Waals surface area contributed by atoms with Crippen molar-refractivity contribution >= 4 is 23.1 Å². The molecule has 3 aliphatic rings. The first-order chi connectivity index (χ1) is 16.4. The first kappa shape index (κ1) is 23.0. The van der Waals surface area contributed by atoms with Crippen molar-refractivity contribution in [2.45, 2.75) is 43.9 Å². The molecule has 2 saturated heterocycles. The van der Waals surface area contributed by atoms with E-state index in [4.69, 9.17) is 22.1 Å². The van der Waals surface area contributed by atoms with Gasteiger partial charge in [0.15, 0.2) is 5.82 Å². The van der Waals surface area contributed by atoms with Gasteiger partial charge in [-0.15, -0.1) is 0 Å². The molecule has 5 rings (SSSR count). The van der Waals surface area contributed by atoms with Gasteiger partial charge in [0.1, 0.15) is 17.7 Å². The van der Waals surface area contributed by atoms with Crippen molar-refractivity contribution in [3.05, 3.63) is 58.5 Å². The van der Waals surface area contributed by atoms with Crippen LogP contribution in [0.15, 0.2) is 36.3 Å². The molecule has 0 saturated carbocycles. The molecule has 34 heavy (non-hydrogen) atoms. The fourth-order valence-corrected chi connectivity index (χ4v) is 5.49. The standard InChI is InChI=1S/C24H27ClFN5O3/c25-14-10-28-23(29-11-14)20-12-30(13-21(20)27)24(33)19-4-1-15(26)7-22(19)34-18-8-16-2-3-17(9-18)31(16)5-6-32/h1,4,7,10-11,16-18,32H,2-3,5-6,8-9,12-13,27H2/t16-,17?,18?/m1/s1. The number of hydrogen-bond acceptors (Lipinski definition) is 7. The van der Waals surface area contributed by atoms with Gasteiger partial charge in [0.25, 0.3) is 5.91 Å². The number of hydrogen-bond donors (Lipinski definition) is 2. The second-order valence-electron chi connectivity index (χ2n) is 9.09. The van der Waals surface area contributed by atoms with E-state index >= 15 is 0 Å². The zero-order valence-corrected chi connectivity index (χ0v) is 19.4. The summed E-state index contributed by atoms with van der Waals surface area (Å²) in [5, 5.41) is 9.77. The molecule has 180 valence electrons. The number of carbonyl (C=O) groups excluding carboxylic acids is 1. The van der Waals surface area contributed by atoms with Crippen LogP contribution in [0.25, 0.3) is 5.57 Å². The summed E-state index contributed by atoms with van der Waals surface area (Å²) >= 11 is 5.87. The van der Waals surface area contributed by atoms with E-state index in [-0.39, 0.29) is 37.5 Å². The Balaban J connectivity index is 1.31. The molecule has 10 heteroatoms. The normalized spacial score (nSPS) is 24.7. The summed E-state index contributed by atoms with van der Waals surface area (Å²) in [6.45, 7) is 1.26. The molecular formula is C24H27ClFN5O3. The predicted octanol–water partition coefficient (Wildman–Crippen LogP) is 2.46. The summed E-state index contributed by atoms with van der Waals surface area (Å²) in [4.78, 5) is 25.8. The summed E-state index contributed by atoms with van der Waals surface area (Å²) in [5.41, 5.74) is 7.68. The summed E-state index contributed by atoms with van der Waals surface area (Å²) in [5.74, 6) is -0.0678. The molecule has 1 amide bonds. The fraction of sp³-hybridized carbons (Fsp3) is 0.458. The highest BCUT2D eigenvalue weighted by atomic mass is 35.5. The zero-order chi connectivity index (χ0) is 23.8. The topological polar surface area (TPSA) is 105 Å². The van der Waals surface area contributed by atoms with Crippen LogP contribution in [0.4, 0.5) is 4.39 Å². The minimum absolute atomic E-state index is 0.111. The van der Waals surface area contributed by atoms with Crippen LogP contribution in [0.2, 0.25) is 5.02 Å². The lowest BCUT2D eigenvalue weighted by molar-refractivity contribution is 0.0382. The van der Waals surface area contributed by atoms with Crippen LogP contribution >= 0.6 is 11.6 Å². The van der Waals surface area contributed by atoms with Gasteiger partial charge in [-0.25, -0.2) is 14.4 Å². The van der Waals surface area contributed by atoms with E-state index in [0.717, 1.165) is 25.7 Å². The number of aromatic nitrogens is 2. The number of rotatable bonds is 6. The van der Waals surface area contributed by atoms with Crippen LogP contribution in [0.3, 0.4) is 0 Å². The summed E-state index contributed by atoms with van der Waals surface area (Å²) in [7, 11) is 0. The number of carbonyl (C=O) groups is 1. The van der Waals surface area contributed by atoms with Gasteiger partial charge in [-0.1, -0.05) is 11.6 Å². The molecule has 3 aliphatic heterocycles. The second-order valence-corrected chi connectivity index (χ2v) is 9.52. The number of fused-ring (bicyclic) bond motifs is 2. The Morgan fingerprint density at radius 1 is 1.21 bits per heavy atom. The van der Waals surface area contributed by atoms with E-state index in [1.165, 1.54) is 30.6 Å². The van der Waals surface area contributed by atoms with Crippen LogP contribution in [0.5, 0.6) is 5.75 Å². The quantitative estimate of drug-likeness (QED) is 0.644. The molecular weight excluding hydrogens is 461 g/mol. The minimum Gasteiger partial charge on any atom is -0.489 e. The highest BCUT2D eigenvalue weighted by molar-refractivity contribution is 6.30. The van der Waals surface area contributed by atoms with E-state index in [2.05, 4.69) is 14.9 Å². The Bertz CT molecular complexity index is 1100. The van der Waals surface area contributed by atoms with Crippen molar-refractivity contribution in [1.82, 2.24) is 19.8 Å². The van der Waals surface area contributed by atoms with Crippen molar-refractivity contribution in [2.24, 2.45) is 5.73 Å². The highest BCUT2D eigenvalue weighted by Gasteiger charge is 2.41. The van der Waals surface area contributed by atoms with Crippen molar-refractivity contribution in [3.8, 4) is 5.75 Å². The molecule has 1 aromatic carbocycles. The van der Waals surface area contributed by atoms with Crippen molar-refractivity contribution in [3.63, 3.8) is 0 Å². The average molecular weight is 488 g/mol. The van der Waals surface area contributed by atoms with Crippen LogP contribution in [-0.4, -0.2) is 75.2 Å². The minimum atomic E-state index is -0.457. The molecule has 3 atom stereocenters. The number of aliphatic hydroxyl groups is 1. The number of aliphatic hydroxyl groups excluding tert-OH is 1. The van der Waals surface area contributed by atoms with Crippen LogP contribution in [-0.2, 0) is 0 Å². The molecule has 2 bridgehead atoms. The Labute approximate surface area is 202 Å². The third-order valence-electron chi connectivity index (χ3n) is 6.94. The van der Waals surface area contributed by atoms with E-state index in [0.29, 0.717) is 46.3 Å². The lowest BCUT2D eigenvalue weighted by Crippen LogP contribution is -2.47. The average Bonchev–Trinajstić information content (AvgIpc) is 3.30. The lowest BCUT2D eigenvalue weighted by atomic mass is 9.99. The third-order valence-corrected chi connectivity index (χ3v) is 7.14. The Kier molecular flexibility index (Phi) is 6.42. The SMILES string of the molecule is NC1=C(c2ncc(Cl)cn2)CN(C(=O)c2ccc(F)cc2OC2CC3CC[C@H](C2)N3CCO)C1. The maximum atomic E-state index is 14.2. The smallest absolute Gasteiger partial charge is 0.258 e. The summed E-state index contributed by atoms with van der Waals surface area (Å²) in [6, 6.07) is 4.70. The summed E-state index contributed by atoms with van der Waals surface area (Å²) < 4.78 is 20.4. The van der Waals surface area contributed by atoms with E-state index in [9.17, 15) is 14.3 Å². The van der Waals surface area contributed by atoms with Gasteiger partial charge >= 0.3 is 0 Å². The first-order valence-corrected chi connectivity index (χ1v) is 11.9. The molecule has 3 N–H and O–H groups in total. The van der Waals surface area contributed by atoms with Gasteiger partial charge < -0.3 is 20.5 Å². The summed E-state index contributed by atoms with van der Waals surface area (Å²) in [6.07, 6.45) is 6.56. The van der Waals surface area contributed by atoms with E-state index in [1.54, 1.807) is 4.90 Å². The number of nitrogens with two attached hydrogens (primary N) is 1. The van der Waals surface area contributed by atoms with Crippen LogP contribution in [0, 0.1) is 5.82 Å². The first-order valence-electron chi connectivity index (χ1n) is 11.5. The van der Waals surface area contributed by atoms with Gasteiger partial charge in [-0.05, 0) is 37.8 Å². The number of ether oxygens (including phenoxy) is 1. The van der Waals surface area contributed by atoms with Gasteiger partial charge in [-0.2, -0.15) is 0 Å². The predicted molar refractivity (Wildman–Crippen MR) is 125 cm³/mol. The molecule has 1 aromatic heterocycles. The van der Waals surface area contributed by atoms with Crippen LogP contribution in [0.1, 0.15) is 41.9 Å². The molecule has 0 aliphatic carbocycles. The highest BCUT2D eigenvalue weighted by Crippen LogP contribution is 2.38. The molecule has 4 heterocycles. The molecule has 2 fully saturated rings. The maximum Gasteiger partial charge on any atom is 0.258 e. The number of halogens is 2. The maximum absolute atomic E-state index is 14.2. The van der Waals surface area contributed by atoms with Crippen molar-refractivity contribution < 1.29 is 19.0 Å². The molecule has 0 spiro atoms. The van der Waals surface area contributed by atoms with Gasteiger partial charge in [0.05, 0.1) is 30.3 Å². The largest absolute Gasteiger partial charge is 0.489 e. The van der Waals surface area contributed by atoms with Gasteiger partial charge in [0, 0.05) is 48.4 Å². The van der Waals surface area contributed by atoms with E-state index in [1.807, 2.05) is 0 Å². The molecule has 2 aromatic rings. The van der Waals surface area contributed by atoms with Crippen LogP contribution < -0.4 is 10.5 Å². The number of piperidine rings is 1. The fourth-order valence-electron chi connectivity index (χ4n) is 5.40. The van der Waals surface area contributed by atoms with Gasteiger partial charge in [0.2, 0.25) is 0 Å². The Morgan fingerprint density at radius 2 is 1.91 bits per heavy atom. The lowest BCUT2D eigenvalue weighted by Gasteiger charge is -2.38. The number of nitrogens with zero attached hydrogens (tertiary/aromatic N) is 4. The van der Waals surface area contributed by atoms with Crippen molar-refractivity contribution in [2.75, 3.05) is 26.2 Å². The monoisotopic (exact) mass is 487 g/mol. The molecule has 2 unspecified atom stereocenters. The Hall–Kier alpha value is -2.75. The molecule has 0 radical (unpaired) electrons. The van der Waals surface area contributed by atoms with E-state index < -0.39 is 5.82 Å². The zero-order valence-electron chi connectivity index (χ0n) is 18.7. The molecule has 8 nitrogen and oxygen atoms in total. The second kappa shape index (κ2) is 9.48. The van der Waals surface area contributed by atoms with Crippen molar-refractivity contribution in [1.29, 1.82) is 0 Å². The van der Waals surface area contributed by atoms with Gasteiger partial charge in [-0.3, -0.25) is 9.69 Å². The Morgan fingerprint density at radius 3 is 2.59 bits per heavy atom.